The van der Waals surface area contributed by atoms with Gasteiger partial charge >= 0.3 is 0 Å². The fourth-order valence-electron chi connectivity index (χ4n) is 1.76. The van der Waals surface area contributed by atoms with Crippen LogP contribution < -0.4 is 10.6 Å². The molecule has 1 aromatic carbocycles. The van der Waals surface area contributed by atoms with E-state index >= 15 is 0 Å². The number of benzene rings is 1. The van der Waals surface area contributed by atoms with Crippen molar-refractivity contribution in [1.29, 1.82) is 0 Å². The van der Waals surface area contributed by atoms with Crippen LogP contribution in [0.15, 0.2) is 18.2 Å². The van der Waals surface area contributed by atoms with Gasteiger partial charge in [0.05, 0.1) is 0 Å². The normalized spacial score (nSPS) is 11.4. The van der Waals surface area contributed by atoms with Gasteiger partial charge in [-0.2, -0.15) is 0 Å². The van der Waals surface area contributed by atoms with Gasteiger partial charge in [0.1, 0.15) is 5.75 Å². The largest absolute Gasteiger partial charge is 0.508 e. The van der Waals surface area contributed by atoms with E-state index in [0.717, 1.165) is 11.1 Å². The van der Waals surface area contributed by atoms with Crippen molar-refractivity contribution in [2.45, 2.75) is 46.2 Å². The van der Waals surface area contributed by atoms with Gasteiger partial charge in [-0.15, -0.1) is 0 Å². The molecule has 19 heavy (non-hydrogen) atoms. The first-order valence-corrected chi connectivity index (χ1v) is 6.58. The van der Waals surface area contributed by atoms with Gasteiger partial charge in [-0.25, -0.2) is 0 Å². The highest BCUT2D eigenvalue weighted by atomic mass is 16.3. The number of hydrogen-bond acceptors (Lipinski definition) is 3. The molecule has 0 saturated heterocycles. The van der Waals surface area contributed by atoms with E-state index in [1.807, 2.05) is 39.8 Å². The minimum absolute atomic E-state index is 0.0356. The average Bonchev–Trinajstić information content (AvgIpc) is 2.26. The molecule has 0 radical (unpaired) electrons. The third kappa shape index (κ3) is 6.25. The quantitative estimate of drug-likeness (QED) is 0.714. The topological polar surface area (TPSA) is 61.4 Å². The van der Waals surface area contributed by atoms with Crippen molar-refractivity contribution in [2.75, 3.05) is 6.54 Å². The lowest BCUT2D eigenvalue weighted by Gasteiger charge is -2.20. The van der Waals surface area contributed by atoms with Gasteiger partial charge in [0.25, 0.3) is 0 Å². The molecule has 0 aliphatic heterocycles. The maximum atomic E-state index is 11.6. The molecule has 0 aliphatic carbocycles. The van der Waals surface area contributed by atoms with Crippen molar-refractivity contribution in [1.82, 2.24) is 10.6 Å². The SMILES string of the molecule is Cc1ccc(O)c(CNCCC(=O)NC(C)(C)C)c1. The third-order valence-electron chi connectivity index (χ3n) is 2.59. The summed E-state index contributed by atoms with van der Waals surface area (Å²) in [4.78, 5) is 11.6. The summed E-state index contributed by atoms with van der Waals surface area (Å²) in [7, 11) is 0. The Morgan fingerprint density at radius 3 is 2.63 bits per heavy atom. The van der Waals surface area contributed by atoms with Crippen molar-refractivity contribution in [3.63, 3.8) is 0 Å². The van der Waals surface area contributed by atoms with E-state index in [2.05, 4.69) is 10.6 Å². The Kier molecular flexibility index (Phi) is 5.36. The van der Waals surface area contributed by atoms with Gasteiger partial charge in [0.15, 0.2) is 0 Å². The molecule has 106 valence electrons. The number of phenolic OH excluding ortho intramolecular Hbond substituents is 1. The van der Waals surface area contributed by atoms with Crippen LogP contribution in [0.2, 0.25) is 0 Å². The number of nitrogens with one attached hydrogen (secondary N) is 2. The highest BCUT2D eigenvalue weighted by Crippen LogP contribution is 2.17. The Bertz CT molecular complexity index is 436. The summed E-state index contributed by atoms with van der Waals surface area (Å²) in [6, 6.07) is 5.51. The fraction of sp³-hybridized carbons (Fsp3) is 0.533. The van der Waals surface area contributed by atoms with Crippen LogP contribution in [0.3, 0.4) is 0 Å². The molecule has 0 saturated carbocycles. The Labute approximate surface area is 115 Å². The lowest BCUT2D eigenvalue weighted by molar-refractivity contribution is -0.122. The van der Waals surface area contributed by atoms with E-state index < -0.39 is 0 Å². The molecule has 0 spiro atoms. The van der Waals surface area contributed by atoms with Crippen LogP contribution in [-0.2, 0) is 11.3 Å². The fourth-order valence-corrected chi connectivity index (χ4v) is 1.76. The molecule has 3 N–H and O–H groups in total. The molecular weight excluding hydrogens is 240 g/mol. The summed E-state index contributed by atoms with van der Waals surface area (Å²) < 4.78 is 0. The molecule has 0 aliphatic rings. The van der Waals surface area contributed by atoms with Crippen molar-refractivity contribution in [3.8, 4) is 5.75 Å². The monoisotopic (exact) mass is 264 g/mol. The first-order chi connectivity index (χ1) is 8.78. The van der Waals surface area contributed by atoms with Gasteiger partial charge in [-0.3, -0.25) is 4.79 Å². The van der Waals surface area contributed by atoms with E-state index in [-0.39, 0.29) is 17.2 Å². The predicted molar refractivity (Wildman–Crippen MR) is 77.1 cm³/mol. The first kappa shape index (κ1) is 15.5. The number of phenols is 1. The van der Waals surface area contributed by atoms with Crippen LogP contribution in [0, 0.1) is 6.92 Å². The smallest absolute Gasteiger partial charge is 0.221 e. The van der Waals surface area contributed by atoms with Crippen LogP contribution in [0.5, 0.6) is 5.75 Å². The molecular formula is C15H24N2O2. The van der Waals surface area contributed by atoms with Gasteiger partial charge in [-0.1, -0.05) is 17.7 Å². The van der Waals surface area contributed by atoms with Crippen LogP contribution in [0.25, 0.3) is 0 Å². The lowest BCUT2D eigenvalue weighted by atomic mass is 10.1. The molecule has 0 atom stereocenters. The van der Waals surface area contributed by atoms with Crippen molar-refractivity contribution in [2.24, 2.45) is 0 Å². The summed E-state index contributed by atoms with van der Waals surface area (Å²) in [5, 5.41) is 15.8. The molecule has 0 unspecified atom stereocenters. The van der Waals surface area contributed by atoms with E-state index in [0.29, 0.717) is 19.5 Å². The molecule has 0 fully saturated rings. The Morgan fingerprint density at radius 1 is 1.32 bits per heavy atom. The van der Waals surface area contributed by atoms with Crippen LogP contribution in [0.1, 0.15) is 38.3 Å². The predicted octanol–water partition coefficient (Wildman–Crippen LogP) is 2.10. The minimum Gasteiger partial charge on any atom is -0.508 e. The zero-order valence-corrected chi connectivity index (χ0v) is 12.2. The van der Waals surface area contributed by atoms with Gasteiger partial charge in [-0.05, 0) is 33.8 Å². The van der Waals surface area contributed by atoms with Crippen LogP contribution >= 0.6 is 0 Å². The van der Waals surface area contributed by atoms with Crippen LogP contribution in [0.4, 0.5) is 0 Å². The second kappa shape index (κ2) is 6.57. The Hall–Kier alpha value is -1.55. The third-order valence-corrected chi connectivity index (χ3v) is 2.59. The van der Waals surface area contributed by atoms with E-state index in [1.54, 1.807) is 6.07 Å². The molecule has 4 heteroatoms. The molecule has 0 heterocycles. The maximum absolute atomic E-state index is 11.6. The van der Waals surface area contributed by atoms with Crippen molar-refractivity contribution < 1.29 is 9.90 Å². The summed E-state index contributed by atoms with van der Waals surface area (Å²) in [6.45, 7) is 9.03. The molecule has 1 amide bonds. The zero-order valence-electron chi connectivity index (χ0n) is 12.2. The number of carbonyl (C=O) groups is 1. The second-order valence-electron chi connectivity index (χ2n) is 5.86. The molecule has 1 rings (SSSR count). The summed E-state index contributed by atoms with van der Waals surface area (Å²) in [5.74, 6) is 0.325. The van der Waals surface area contributed by atoms with Crippen molar-refractivity contribution in [3.05, 3.63) is 29.3 Å². The summed E-state index contributed by atoms with van der Waals surface area (Å²) >= 11 is 0. The maximum Gasteiger partial charge on any atom is 0.221 e. The standard InChI is InChI=1S/C15H24N2O2/c1-11-5-6-13(18)12(9-11)10-16-8-7-14(19)17-15(2,3)4/h5-6,9,16,18H,7-8,10H2,1-4H3,(H,17,19). The van der Waals surface area contributed by atoms with Crippen molar-refractivity contribution >= 4 is 5.91 Å². The molecule has 1 aromatic rings. The van der Waals surface area contributed by atoms with E-state index in [1.165, 1.54) is 0 Å². The minimum atomic E-state index is -0.189. The summed E-state index contributed by atoms with van der Waals surface area (Å²) in [6.07, 6.45) is 0.434. The van der Waals surface area contributed by atoms with E-state index in [9.17, 15) is 9.90 Å². The number of carbonyl (C=O) groups excluding carboxylic acids is 1. The summed E-state index contributed by atoms with van der Waals surface area (Å²) in [5.41, 5.74) is 1.78. The number of aromatic hydroxyl groups is 1. The Balaban J connectivity index is 2.31. The van der Waals surface area contributed by atoms with Gasteiger partial charge in [0, 0.05) is 30.6 Å². The lowest BCUT2D eigenvalue weighted by Crippen LogP contribution is -2.41. The molecule has 0 aromatic heterocycles. The molecule has 4 nitrogen and oxygen atoms in total. The highest BCUT2D eigenvalue weighted by molar-refractivity contribution is 5.76. The number of aryl methyl sites for hydroxylation is 1. The van der Waals surface area contributed by atoms with Gasteiger partial charge in [0.2, 0.25) is 5.91 Å². The van der Waals surface area contributed by atoms with Gasteiger partial charge < -0.3 is 15.7 Å². The number of hydrogen-bond donors (Lipinski definition) is 3. The highest BCUT2D eigenvalue weighted by Gasteiger charge is 2.12. The Morgan fingerprint density at radius 2 is 2.00 bits per heavy atom. The number of amides is 1. The number of rotatable bonds is 5. The first-order valence-electron chi connectivity index (χ1n) is 6.58. The van der Waals surface area contributed by atoms with Crippen LogP contribution in [-0.4, -0.2) is 23.1 Å². The molecule has 0 bridgehead atoms. The van der Waals surface area contributed by atoms with E-state index in [4.69, 9.17) is 0 Å². The zero-order chi connectivity index (χ0) is 14.5. The average molecular weight is 264 g/mol. The second-order valence-corrected chi connectivity index (χ2v) is 5.86.